The number of nitrogens with zero attached hydrogens (tertiary/aromatic N) is 6. The Morgan fingerprint density at radius 1 is 1.11 bits per heavy atom. The number of H-pyrrole nitrogens is 1. The first kappa shape index (κ1) is 22.8. The van der Waals surface area contributed by atoms with Crippen molar-refractivity contribution in [3.8, 4) is 22.0 Å². The predicted molar refractivity (Wildman–Crippen MR) is 138 cm³/mol. The van der Waals surface area contributed by atoms with Crippen LogP contribution in [0.4, 0.5) is 0 Å². The minimum absolute atomic E-state index is 0.306. The largest absolute Gasteiger partial charge is 0.381 e. The molecule has 0 aromatic carbocycles. The fraction of sp³-hybridized carbons (Fsp3) is 0.538. The Balaban J connectivity index is 1.24. The maximum Gasteiger partial charge on any atom is 0.158 e. The van der Waals surface area contributed by atoms with Gasteiger partial charge in [0.15, 0.2) is 5.65 Å². The summed E-state index contributed by atoms with van der Waals surface area (Å²) < 4.78 is 7.39. The highest BCUT2D eigenvalue weighted by Gasteiger charge is 2.29. The lowest BCUT2D eigenvalue weighted by atomic mass is 9.93. The molecule has 0 unspecified atom stereocenters. The quantitative estimate of drug-likeness (QED) is 0.421. The van der Waals surface area contributed by atoms with E-state index in [-0.39, 0.29) is 0 Å². The molecule has 6 rings (SSSR count). The Morgan fingerprint density at radius 3 is 2.69 bits per heavy atom. The molecule has 6 heterocycles. The van der Waals surface area contributed by atoms with E-state index in [0.29, 0.717) is 17.9 Å². The lowest BCUT2D eigenvalue weighted by molar-refractivity contribution is 0.0253. The van der Waals surface area contributed by atoms with Gasteiger partial charge < -0.3 is 9.64 Å². The van der Waals surface area contributed by atoms with Crippen LogP contribution in [0.15, 0.2) is 24.8 Å². The van der Waals surface area contributed by atoms with Crippen molar-refractivity contribution < 1.29 is 4.74 Å². The molecule has 0 amide bonds. The summed E-state index contributed by atoms with van der Waals surface area (Å²) in [6.07, 6.45) is 10.5. The third-order valence-electron chi connectivity index (χ3n) is 7.59. The topological polar surface area (TPSA) is 84.2 Å². The molecule has 1 N–H and O–H groups in total. The van der Waals surface area contributed by atoms with Gasteiger partial charge in [0.05, 0.1) is 11.4 Å². The smallest absolute Gasteiger partial charge is 0.158 e. The van der Waals surface area contributed by atoms with Crippen molar-refractivity contribution in [2.45, 2.75) is 64.3 Å². The van der Waals surface area contributed by atoms with Crippen LogP contribution in [0.5, 0.6) is 0 Å². The minimum Gasteiger partial charge on any atom is -0.381 e. The van der Waals surface area contributed by atoms with E-state index in [1.165, 1.54) is 49.2 Å². The SMILES string of the molecule is Cc1cc(-c2n[nH]c(-c3ncc(C4CCN(C5CCOCC5)CC4)s3)c2C(C)C)cn2ncnc12. The predicted octanol–water partition coefficient (Wildman–Crippen LogP) is 5.03. The van der Waals surface area contributed by atoms with E-state index >= 15 is 0 Å². The van der Waals surface area contributed by atoms with Crippen LogP contribution in [-0.4, -0.2) is 67.0 Å². The molecule has 0 spiro atoms. The molecule has 0 bridgehead atoms. The fourth-order valence-corrected chi connectivity index (χ4v) is 6.80. The van der Waals surface area contributed by atoms with Gasteiger partial charge in [-0.3, -0.25) is 5.10 Å². The van der Waals surface area contributed by atoms with E-state index in [0.717, 1.165) is 46.4 Å². The van der Waals surface area contributed by atoms with Crippen LogP contribution in [0, 0.1) is 6.92 Å². The van der Waals surface area contributed by atoms with Gasteiger partial charge >= 0.3 is 0 Å². The number of pyridine rings is 1. The molecule has 35 heavy (non-hydrogen) atoms. The van der Waals surface area contributed by atoms with Crippen molar-refractivity contribution in [2.75, 3.05) is 26.3 Å². The zero-order valence-corrected chi connectivity index (χ0v) is 21.5. The number of aryl methyl sites for hydroxylation is 1. The number of hydrogen-bond donors (Lipinski definition) is 1. The van der Waals surface area contributed by atoms with Gasteiger partial charge in [-0.15, -0.1) is 11.3 Å². The van der Waals surface area contributed by atoms with Crippen LogP contribution >= 0.6 is 11.3 Å². The van der Waals surface area contributed by atoms with Gasteiger partial charge in [0.1, 0.15) is 11.3 Å². The first-order valence-corrected chi connectivity index (χ1v) is 13.6. The van der Waals surface area contributed by atoms with Crippen LogP contribution in [0.1, 0.15) is 67.4 Å². The lowest BCUT2D eigenvalue weighted by Crippen LogP contribution is -2.43. The highest BCUT2D eigenvalue weighted by molar-refractivity contribution is 7.15. The molecule has 2 saturated heterocycles. The number of likely N-dealkylation sites (tertiary alicyclic amines) is 1. The monoisotopic (exact) mass is 491 g/mol. The number of fused-ring (bicyclic) bond motifs is 1. The van der Waals surface area contributed by atoms with Crippen LogP contribution in [-0.2, 0) is 4.74 Å². The number of ether oxygens (including phenoxy) is 1. The van der Waals surface area contributed by atoms with Gasteiger partial charge in [-0.2, -0.15) is 10.2 Å². The third-order valence-corrected chi connectivity index (χ3v) is 8.77. The van der Waals surface area contributed by atoms with Gasteiger partial charge in [0.25, 0.3) is 0 Å². The fourth-order valence-electron chi connectivity index (χ4n) is 5.71. The maximum absolute atomic E-state index is 5.55. The summed E-state index contributed by atoms with van der Waals surface area (Å²) >= 11 is 1.83. The molecule has 9 heteroatoms. The van der Waals surface area contributed by atoms with E-state index in [9.17, 15) is 0 Å². The summed E-state index contributed by atoms with van der Waals surface area (Å²) in [5, 5.41) is 13.5. The van der Waals surface area contributed by atoms with Crippen molar-refractivity contribution in [2.24, 2.45) is 0 Å². The number of hydrogen-bond acceptors (Lipinski definition) is 7. The molecule has 0 saturated carbocycles. The Morgan fingerprint density at radius 2 is 1.91 bits per heavy atom. The van der Waals surface area contributed by atoms with Crippen LogP contribution in [0.25, 0.3) is 27.6 Å². The summed E-state index contributed by atoms with van der Waals surface area (Å²) in [7, 11) is 0. The molecular formula is C26H33N7OS. The summed E-state index contributed by atoms with van der Waals surface area (Å²) in [6.45, 7) is 10.7. The Bertz CT molecular complexity index is 1310. The number of aromatic amines is 1. The molecule has 2 fully saturated rings. The van der Waals surface area contributed by atoms with Crippen molar-refractivity contribution in [1.82, 2.24) is 34.7 Å². The van der Waals surface area contributed by atoms with Crippen molar-refractivity contribution in [1.29, 1.82) is 0 Å². The highest BCUT2D eigenvalue weighted by atomic mass is 32.1. The second-order valence-electron chi connectivity index (χ2n) is 10.2. The van der Waals surface area contributed by atoms with E-state index in [4.69, 9.17) is 14.8 Å². The van der Waals surface area contributed by atoms with E-state index < -0.39 is 0 Å². The zero-order chi connectivity index (χ0) is 23.9. The second-order valence-corrected chi connectivity index (χ2v) is 11.2. The summed E-state index contributed by atoms with van der Waals surface area (Å²) in [5.74, 6) is 0.903. The molecule has 4 aromatic heterocycles. The molecule has 4 aromatic rings. The number of piperidine rings is 1. The third kappa shape index (κ3) is 4.30. The van der Waals surface area contributed by atoms with Gasteiger partial charge in [0.2, 0.25) is 0 Å². The highest BCUT2D eigenvalue weighted by Crippen LogP contribution is 2.40. The van der Waals surface area contributed by atoms with Crippen LogP contribution < -0.4 is 0 Å². The molecular weight excluding hydrogens is 458 g/mol. The molecule has 184 valence electrons. The minimum atomic E-state index is 0.306. The molecule has 2 aliphatic rings. The Kier molecular flexibility index (Phi) is 6.16. The van der Waals surface area contributed by atoms with Crippen LogP contribution in [0.2, 0.25) is 0 Å². The average molecular weight is 492 g/mol. The molecule has 2 aliphatic heterocycles. The number of nitrogens with one attached hydrogen (secondary N) is 1. The summed E-state index contributed by atoms with van der Waals surface area (Å²) in [4.78, 5) is 13.3. The van der Waals surface area contributed by atoms with E-state index in [2.05, 4.69) is 53.1 Å². The summed E-state index contributed by atoms with van der Waals surface area (Å²) in [5.41, 5.74) is 6.23. The van der Waals surface area contributed by atoms with Gasteiger partial charge in [-0.1, -0.05) is 13.8 Å². The van der Waals surface area contributed by atoms with Crippen LogP contribution in [0.3, 0.4) is 0 Å². The van der Waals surface area contributed by atoms with Gasteiger partial charge in [0, 0.05) is 47.7 Å². The number of aromatic nitrogens is 6. The average Bonchev–Trinajstić information content (AvgIpc) is 3.63. The second kappa shape index (κ2) is 9.44. The van der Waals surface area contributed by atoms with E-state index in [1.54, 1.807) is 6.33 Å². The standard InChI is InChI=1S/C26H33N7OS/c1-16(2)22-23(19-12-17(3)25-28-15-29-33(25)14-19)30-31-24(22)26-27-13-21(35-26)18-4-8-32(9-5-18)20-6-10-34-11-7-20/h12-16,18,20H,4-11H2,1-3H3,(H,30,31). The van der Waals surface area contributed by atoms with Gasteiger partial charge in [-0.25, -0.2) is 14.5 Å². The van der Waals surface area contributed by atoms with Crippen molar-refractivity contribution >= 4 is 17.0 Å². The lowest BCUT2D eigenvalue weighted by Gasteiger charge is -2.39. The number of thiazole rings is 1. The zero-order valence-electron chi connectivity index (χ0n) is 20.7. The Labute approximate surface area is 209 Å². The summed E-state index contributed by atoms with van der Waals surface area (Å²) in [6, 6.07) is 2.86. The number of rotatable bonds is 5. The van der Waals surface area contributed by atoms with Gasteiger partial charge in [-0.05, 0) is 69.2 Å². The van der Waals surface area contributed by atoms with E-state index in [1.807, 2.05) is 22.0 Å². The first-order valence-electron chi connectivity index (χ1n) is 12.7. The molecule has 0 aliphatic carbocycles. The van der Waals surface area contributed by atoms with Crippen molar-refractivity contribution in [3.63, 3.8) is 0 Å². The first-order chi connectivity index (χ1) is 17.1. The molecule has 0 radical (unpaired) electrons. The molecule has 0 atom stereocenters. The van der Waals surface area contributed by atoms with Crippen molar-refractivity contribution in [3.05, 3.63) is 40.8 Å². The molecule has 8 nitrogen and oxygen atoms in total. The maximum atomic E-state index is 5.55. The Hall–Kier alpha value is -2.62. The normalized spacial score (nSPS) is 18.7.